The van der Waals surface area contributed by atoms with Gasteiger partial charge in [0.25, 0.3) is 0 Å². The standard InChI is InChI=1S/C23H29FN5O7P/c1-12-18(30)19(34-22(12)29-10-16(24)17-20(25)26-11-27-21(17)29)14(3)35-37(32,28-13(2)23(31)33-4)36-15-8-6-5-7-9-15/h5-14,18-19,22,30H,1-4H3,(H,28,32)(H2,25,26,27)/t12-,13-,14-,18-,19+,22+,37?/m0/s1. The lowest BCUT2D eigenvalue weighted by Gasteiger charge is -2.28. The summed E-state index contributed by atoms with van der Waals surface area (Å²) in [5.41, 5.74) is 6.01. The maximum absolute atomic E-state index is 14.6. The van der Waals surface area contributed by atoms with Gasteiger partial charge < -0.3 is 29.4 Å². The van der Waals surface area contributed by atoms with Gasteiger partial charge in [0.1, 0.15) is 36.3 Å². The normalized spacial score (nSPS) is 24.9. The summed E-state index contributed by atoms with van der Waals surface area (Å²) < 4.78 is 52.0. The first-order chi connectivity index (χ1) is 17.5. The summed E-state index contributed by atoms with van der Waals surface area (Å²) in [4.78, 5) is 19.9. The minimum atomic E-state index is -4.20. The Morgan fingerprint density at radius 3 is 2.68 bits per heavy atom. The number of ether oxygens (including phenoxy) is 2. The zero-order valence-electron chi connectivity index (χ0n) is 20.6. The summed E-state index contributed by atoms with van der Waals surface area (Å²) in [7, 11) is -3.00. The number of carbonyl (C=O) groups is 1. The average molecular weight is 537 g/mol. The number of aliphatic hydroxyl groups excluding tert-OH is 1. The molecule has 1 unspecified atom stereocenters. The maximum atomic E-state index is 14.6. The van der Waals surface area contributed by atoms with E-state index in [-0.39, 0.29) is 22.6 Å². The van der Waals surface area contributed by atoms with Gasteiger partial charge in [-0.2, -0.15) is 5.09 Å². The summed E-state index contributed by atoms with van der Waals surface area (Å²) >= 11 is 0. The van der Waals surface area contributed by atoms with Crippen molar-refractivity contribution in [2.75, 3.05) is 12.8 Å². The number of nitrogen functional groups attached to an aromatic ring is 1. The van der Waals surface area contributed by atoms with Gasteiger partial charge >= 0.3 is 13.7 Å². The minimum Gasteiger partial charge on any atom is -0.468 e. The lowest BCUT2D eigenvalue weighted by molar-refractivity contribution is -0.142. The molecule has 37 heavy (non-hydrogen) atoms. The third-order valence-electron chi connectivity index (χ3n) is 6.13. The van der Waals surface area contributed by atoms with E-state index in [9.17, 15) is 18.9 Å². The van der Waals surface area contributed by atoms with Crippen LogP contribution in [0.1, 0.15) is 27.0 Å². The number of hydrogen-bond donors (Lipinski definition) is 3. The van der Waals surface area contributed by atoms with E-state index in [1.165, 1.54) is 31.1 Å². The number of aliphatic hydroxyl groups is 1. The minimum absolute atomic E-state index is 0.0227. The summed E-state index contributed by atoms with van der Waals surface area (Å²) in [6.07, 6.45) is -1.55. The highest BCUT2D eigenvalue weighted by molar-refractivity contribution is 7.52. The topological polar surface area (TPSA) is 160 Å². The number of rotatable bonds is 9. The molecule has 0 aliphatic carbocycles. The smallest absolute Gasteiger partial charge is 0.459 e. The van der Waals surface area contributed by atoms with Crippen molar-refractivity contribution in [3.8, 4) is 5.75 Å². The number of esters is 1. The Labute approximate surface area is 212 Å². The van der Waals surface area contributed by atoms with Gasteiger partial charge in [0.2, 0.25) is 0 Å². The first-order valence-corrected chi connectivity index (χ1v) is 13.1. The number of benzene rings is 1. The quantitative estimate of drug-likeness (QED) is 0.272. The molecule has 1 saturated heterocycles. The van der Waals surface area contributed by atoms with Gasteiger partial charge in [0.05, 0.1) is 24.7 Å². The van der Waals surface area contributed by atoms with Crippen LogP contribution < -0.4 is 15.3 Å². The molecule has 7 atom stereocenters. The number of halogens is 1. The number of hydrogen-bond acceptors (Lipinski definition) is 10. The summed E-state index contributed by atoms with van der Waals surface area (Å²) in [5, 5.41) is 13.6. The van der Waals surface area contributed by atoms with E-state index in [1.54, 1.807) is 44.2 Å². The molecule has 14 heteroatoms. The second-order valence-electron chi connectivity index (χ2n) is 8.77. The lowest BCUT2D eigenvalue weighted by atomic mass is 9.99. The second kappa shape index (κ2) is 10.7. The molecule has 0 radical (unpaired) electrons. The van der Waals surface area contributed by atoms with Crippen LogP contribution in [0, 0.1) is 11.7 Å². The van der Waals surface area contributed by atoms with Crippen LogP contribution in [-0.2, 0) is 23.4 Å². The summed E-state index contributed by atoms with van der Waals surface area (Å²) in [6, 6.07) is 7.22. The molecule has 1 aromatic carbocycles. The van der Waals surface area contributed by atoms with E-state index in [2.05, 4.69) is 15.1 Å². The zero-order chi connectivity index (χ0) is 26.9. The molecule has 4 N–H and O–H groups in total. The van der Waals surface area contributed by atoms with Gasteiger partial charge in [-0.3, -0.25) is 9.32 Å². The van der Waals surface area contributed by atoms with Crippen molar-refractivity contribution in [1.29, 1.82) is 0 Å². The van der Waals surface area contributed by atoms with Gasteiger partial charge in [-0.25, -0.2) is 18.9 Å². The first-order valence-electron chi connectivity index (χ1n) is 11.5. The van der Waals surface area contributed by atoms with Crippen molar-refractivity contribution in [2.45, 2.75) is 51.4 Å². The number of nitrogens with one attached hydrogen (secondary N) is 1. The fraction of sp³-hybridized carbons (Fsp3) is 0.435. The van der Waals surface area contributed by atoms with Gasteiger partial charge in [-0.15, -0.1) is 0 Å². The Hall–Kier alpha value is -3.09. The Morgan fingerprint density at radius 2 is 2.00 bits per heavy atom. The average Bonchev–Trinajstić information content (AvgIpc) is 3.35. The van der Waals surface area contributed by atoms with Crippen LogP contribution in [0.5, 0.6) is 5.75 Å². The van der Waals surface area contributed by atoms with Crippen molar-refractivity contribution in [3.63, 3.8) is 0 Å². The molecule has 12 nitrogen and oxygen atoms in total. The molecule has 4 rings (SSSR count). The molecule has 1 fully saturated rings. The molecule has 1 aliphatic heterocycles. The van der Waals surface area contributed by atoms with E-state index in [4.69, 9.17) is 24.3 Å². The molecular formula is C23H29FN5O7P. The highest BCUT2D eigenvalue weighted by Crippen LogP contribution is 2.48. The monoisotopic (exact) mass is 537 g/mol. The predicted octanol–water partition coefficient (Wildman–Crippen LogP) is 2.79. The van der Waals surface area contributed by atoms with Crippen LogP contribution in [0.3, 0.4) is 0 Å². The number of methoxy groups -OCH3 is 1. The SMILES string of the molecule is COC(=O)[C@H](C)NP(=O)(Oc1ccccc1)O[C@@H](C)[C@H]1O[C@@H](n2cc(F)c3c(N)ncnc32)[C@@H](C)[C@@H]1O. The fourth-order valence-electron chi connectivity index (χ4n) is 4.24. The van der Waals surface area contributed by atoms with Gasteiger partial charge in [-0.1, -0.05) is 25.1 Å². The molecule has 1 aliphatic rings. The molecule has 0 amide bonds. The van der Waals surface area contributed by atoms with Crippen LogP contribution in [-0.4, -0.2) is 57.1 Å². The van der Waals surface area contributed by atoms with E-state index in [0.717, 1.165) is 0 Å². The Bertz CT molecular complexity index is 1310. The van der Waals surface area contributed by atoms with Crippen molar-refractivity contribution >= 4 is 30.6 Å². The van der Waals surface area contributed by atoms with Crippen LogP contribution in [0.15, 0.2) is 42.9 Å². The number of fused-ring (bicyclic) bond motifs is 1. The number of carbonyl (C=O) groups excluding carboxylic acids is 1. The van der Waals surface area contributed by atoms with Crippen LogP contribution in [0.4, 0.5) is 10.2 Å². The van der Waals surface area contributed by atoms with Crippen molar-refractivity contribution in [2.24, 2.45) is 5.92 Å². The Balaban J connectivity index is 1.58. The number of anilines is 1. The Morgan fingerprint density at radius 1 is 1.30 bits per heavy atom. The maximum Gasteiger partial charge on any atom is 0.459 e. The molecule has 2 aromatic heterocycles. The molecule has 3 heterocycles. The Kier molecular flexibility index (Phi) is 7.81. The van der Waals surface area contributed by atoms with Crippen LogP contribution in [0.25, 0.3) is 11.0 Å². The molecule has 0 saturated carbocycles. The van der Waals surface area contributed by atoms with Crippen molar-refractivity contribution in [3.05, 3.63) is 48.7 Å². The van der Waals surface area contributed by atoms with E-state index in [1.807, 2.05) is 0 Å². The highest BCUT2D eigenvalue weighted by atomic mass is 31.2. The lowest BCUT2D eigenvalue weighted by Crippen LogP contribution is -2.39. The third kappa shape index (κ3) is 5.46. The van der Waals surface area contributed by atoms with E-state index >= 15 is 0 Å². The van der Waals surface area contributed by atoms with Crippen LogP contribution >= 0.6 is 7.75 Å². The van der Waals surface area contributed by atoms with E-state index in [0.29, 0.717) is 0 Å². The molecule has 0 bridgehead atoms. The molecular weight excluding hydrogens is 508 g/mol. The number of nitrogens with two attached hydrogens (primary N) is 1. The van der Waals surface area contributed by atoms with Gasteiger partial charge in [0.15, 0.2) is 11.5 Å². The largest absolute Gasteiger partial charge is 0.468 e. The molecule has 3 aromatic rings. The zero-order valence-corrected chi connectivity index (χ0v) is 21.5. The first kappa shape index (κ1) is 27.0. The number of nitrogens with zero attached hydrogens (tertiary/aromatic N) is 3. The molecule has 200 valence electrons. The predicted molar refractivity (Wildman–Crippen MR) is 131 cm³/mol. The van der Waals surface area contributed by atoms with E-state index < -0.39 is 56.0 Å². The van der Waals surface area contributed by atoms with Crippen LogP contribution in [0.2, 0.25) is 0 Å². The summed E-state index contributed by atoms with van der Waals surface area (Å²) in [5.74, 6) is -1.65. The third-order valence-corrected chi connectivity index (χ3v) is 7.90. The molecule has 0 spiro atoms. The second-order valence-corrected chi connectivity index (χ2v) is 10.4. The van der Waals surface area contributed by atoms with Gasteiger partial charge in [0, 0.05) is 12.1 Å². The van der Waals surface area contributed by atoms with Gasteiger partial charge in [-0.05, 0) is 26.0 Å². The number of para-hydroxylation sites is 1. The fourth-order valence-corrected chi connectivity index (χ4v) is 5.93. The summed E-state index contributed by atoms with van der Waals surface area (Å²) in [6.45, 7) is 4.70. The van der Waals surface area contributed by atoms with Crippen molar-refractivity contribution in [1.82, 2.24) is 19.6 Å². The highest BCUT2D eigenvalue weighted by Gasteiger charge is 2.47. The van der Waals surface area contributed by atoms with Crippen molar-refractivity contribution < 1.29 is 37.4 Å². The number of aromatic nitrogens is 3.